The number of methoxy groups -OCH3 is 1. The van der Waals surface area contributed by atoms with Crippen LogP contribution in [0.5, 0.6) is 0 Å². The number of rotatable bonds is 7. The van der Waals surface area contributed by atoms with Crippen molar-refractivity contribution in [2.45, 2.75) is 109 Å². The first-order valence-corrected chi connectivity index (χ1v) is 12.4. The summed E-state index contributed by atoms with van der Waals surface area (Å²) in [6, 6.07) is 7.63. The Bertz CT molecular complexity index is 621. The van der Waals surface area contributed by atoms with Gasteiger partial charge in [0.1, 0.15) is 0 Å². The molecule has 4 rings (SSSR count). The number of unbranched alkanes of at least 4 members (excludes halogenated alkanes) is 3. The van der Waals surface area contributed by atoms with Gasteiger partial charge in [0.2, 0.25) is 0 Å². The van der Waals surface area contributed by atoms with E-state index in [0.717, 1.165) is 23.7 Å². The Morgan fingerprint density at radius 2 is 1.75 bits per heavy atom. The van der Waals surface area contributed by atoms with Gasteiger partial charge in [-0.25, -0.2) is 0 Å². The average Bonchev–Trinajstić information content (AvgIpc) is 2.75. The molecule has 1 nitrogen and oxygen atoms in total. The summed E-state index contributed by atoms with van der Waals surface area (Å²) < 4.78 is 5.66. The van der Waals surface area contributed by atoms with E-state index in [2.05, 4.69) is 25.1 Å². The molecular weight excluding hydrogens is 340 g/mol. The fourth-order valence-electron chi connectivity index (χ4n) is 6.57. The second-order valence-electron chi connectivity index (χ2n) is 10.2. The Morgan fingerprint density at radius 1 is 0.893 bits per heavy atom. The van der Waals surface area contributed by atoms with Crippen LogP contribution in [0, 0.1) is 17.8 Å². The van der Waals surface area contributed by atoms with Crippen molar-refractivity contribution in [3.8, 4) is 0 Å². The first kappa shape index (κ1) is 20.5. The molecule has 0 bridgehead atoms. The Kier molecular flexibility index (Phi) is 7.15. The fraction of sp³-hybridized carbons (Fsp3) is 0.778. The third kappa shape index (κ3) is 4.84. The van der Waals surface area contributed by atoms with Crippen LogP contribution < -0.4 is 0 Å². The Hall–Kier alpha value is -0.820. The van der Waals surface area contributed by atoms with Crippen molar-refractivity contribution >= 4 is 0 Å². The standard InChI is InChI=1S/C27H42O/c1-3-4-5-6-7-20-8-9-22-17-23(11-10-21(22)16-20)24-12-13-26-19-27(28-2)15-14-25(26)18-24/h10-11,17,20,24-27H,3-9,12-16,18-19H2,1-2H3. The van der Waals surface area contributed by atoms with Gasteiger partial charge in [0, 0.05) is 7.11 Å². The molecule has 0 aliphatic heterocycles. The molecule has 156 valence electrons. The molecule has 0 N–H and O–H groups in total. The highest BCUT2D eigenvalue weighted by Crippen LogP contribution is 2.47. The number of aryl methyl sites for hydroxylation is 1. The maximum atomic E-state index is 5.66. The van der Waals surface area contributed by atoms with Crippen LogP contribution in [0.25, 0.3) is 0 Å². The van der Waals surface area contributed by atoms with Gasteiger partial charge in [-0.2, -0.15) is 0 Å². The number of ether oxygens (including phenoxy) is 1. The molecule has 0 amide bonds. The summed E-state index contributed by atoms with van der Waals surface area (Å²) >= 11 is 0. The van der Waals surface area contributed by atoms with Gasteiger partial charge < -0.3 is 4.74 Å². The van der Waals surface area contributed by atoms with Gasteiger partial charge in [0.25, 0.3) is 0 Å². The van der Waals surface area contributed by atoms with Crippen LogP contribution in [0.2, 0.25) is 0 Å². The van der Waals surface area contributed by atoms with E-state index in [4.69, 9.17) is 4.74 Å². The van der Waals surface area contributed by atoms with Crippen LogP contribution in [0.15, 0.2) is 18.2 Å². The van der Waals surface area contributed by atoms with Crippen molar-refractivity contribution in [2.24, 2.45) is 17.8 Å². The zero-order chi connectivity index (χ0) is 19.3. The van der Waals surface area contributed by atoms with E-state index in [1.807, 2.05) is 7.11 Å². The largest absolute Gasteiger partial charge is 0.381 e. The summed E-state index contributed by atoms with van der Waals surface area (Å²) in [6.07, 6.45) is 20.0. The molecule has 0 radical (unpaired) electrons. The lowest BCUT2D eigenvalue weighted by atomic mass is 9.65. The van der Waals surface area contributed by atoms with Crippen molar-refractivity contribution in [2.75, 3.05) is 7.11 Å². The molecule has 0 aromatic heterocycles. The van der Waals surface area contributed by atoms with Crippen LogP contribution in [0.1, 0.15) is 107 Å². The molecule has 0 saturated heterocycles. The number of fused-ring (bicyclic) bond motifs is 2. The molecule has 3 aliphatic rings. The molecule has 2 fully saturated rings. The Balaban J connectivity index is 1.33. The molecule has 5 unspecified atom stereocenters. The highest BCUT2D eigenvalue weighted by molar-refractivity contribution is 5.36. The lowest BCUT2D eigenvalue weighted by molar-refractivity contribution is 0.0123. The lowest BCUT2D eigenvalue weighted by Gasteiger charge is -2.42. The third-order valence-electron chi connectivity index (χ3n) is 8.40. The van der Waals surface area contributed by atoms with Gasteiger partial charge in [-0.3, -0.25) is 0 Å². The molecular formula is C27H42O. The van der Waals surface area contributed by atoms with Crippen molar-refractivity contribution in [1.82, 2.24) is 0 Å². The highest BCUT2D eigenvalue weighted by Gasteiger charge is 2.36. The van der Waals surface area contributed by atoms with E-state index in [1.54, 1.807) is 16.7 Å². The van der Waals surface area contributed by atoms with E-state index in [-0.39, 0.29) is 0 Å². The van der Waals surface area contributed by atoms with Gasteiger partial charge in [-0.1, -0.05) is 57.2 Å². The minimum absolute atomic E-state index is 0.538. The lowest BCUT2D eigenvalue weighted by Crippen LogP contribution is -2.33. The summed E-state index contributed by atoms with van der Waals surface area (Å²) in [6.45, 7) is 2.31. The first-order chi connectivity index (χ1) is 13.8. The summed E-state index contributed by atoms with van der Waals surface area (Å²) in [4.78, 5) is 0. The summed E-state index contributed by atoms with van der Waals surface area (Å²) in [5.74, 6) is 3.65. The van der Waals surface area contributed by atoms with Crippen molar-refractivity contribution in [1.29, 1.82) is 0 Å². The average molecular weight is 383 g/mol. The van der Waals surface area contributed by atoms with Crippen LogP contribution in [0.4, 0.5) is 0 Å². The molecule has 1 aromatic rings. The van der Waals surface area contributed by atoms with E-state index in [9.17, 15) is 0 Å². The number of benzene rings is 1. The topological polar surface area (TPSA) is 9.23 Å². The molecule has 5 atom stereocenters. The van der Waals surface area contributed by atoms with Crippen molar-refractivity contribution in [3.63, 3.8) is 0 Å². The first-order valence-electron chi connectivity index (χ1n) is 12.4. The zero-order valence-electron chi connectivity index (χ0n) is 18.4. The quantitative estimate of drug-likeness (QED) is 0.445. The maximum Gasteiger partial charge on any atom is 0.0574 e. The fourth-order valence-corrected chi connectivity index (χ4v) is 6.57. The van der Waals surface area contributed by atoms with Gasteiger partial charge >= 0.3 is 0 Å². The normalized spacial score (nSPS) is 32.6. The molecule has 1 heteroatoms. The van der Waals surface area contributed by atoms with E-state index in [1.165, 1.54) is 89.9 Å². The monoisotopic (exact) mass is 382 g/mol. The SMILES string of the molecule is CCCCCCC1CCc2cc(C3CCC4CC(OC)CCC4C3)ccc2C1. The van der Waals surface area contributed by atoms with E-state index < -0.39 is 0 Å². The molecule has 2 saturated carbocycles. The van der Waals surface area contributed by atoms with Gasteiger partial charge in [-0.15, -0.1) is 0 Å². The highest BCUT2D eigenvalue weighted by atomic mass is 16.5. The van der Waals surface area contributed by atoms with Gasteiger partial charge in [0.15, 0.2) is 0 Å². The van der Waals surface area contributed by atoms with Crippen molar-refractivity contribution < 1.29 is 4.74 Å². The molecule has 28 heavy (non-hydrogen) atoms. The van der Waals surface area contributed by atoms with Crippen LogP contribution in [0.3, 0.4) is 0 Å². The van der Waals surface area contributed by atoms with Crippen LogP contribution in [-0.2, 0) is 17.6 Å². The Labute approximate surface area is 173 Å². The molecule has 1 aromatic carbocycles. The minimum atomic E-state index is 0.538. The Morgan fingerprint density at radius 3 is 2.61 bits per heavy atom. The van der Waals surface area contributed by atoms with Gasteiger partial charge in [-0.05, 0) is 98.1 Å². The summed E-state index contributed by atoms with van der Waals surface area (Å²) in [5.41, 5.74) is 5.02. The maximum absolute atomic E-state index is 5.66. The molecule has 0 spiro atoms. The van der Waals surface area contributed by atoms with Crippen LogP contribution >= 0.6 is 0 Å². The molecule has 0 heterocycles. The second-order valence-corrected chi connectivity index (χ2v) is 10.2. The predicted molar refractivity (Wildman–Crippen MR) is 119 cm³/mol. The van der Waals surface area contributed by atoms with E-state index in [0.29, 0.717) is 6.10 Å². The van der Waals surface area contributed by atoms with Gasteiger partial charge in [0.05, 0.1) is 6.10 Å². The third-order valence-corrected chi connectivity index (χ3v) is 8.40. The summed E-state index contributed by atoms with van der Waals surface area (Å²) in [7, 11) is 1.90. The molecule has 3 aliphatic carbocycles. The van der Waals surface area contributed by atoms with Crippen molar-refractivity contribution in [3.05, 3.63) is 34.9 Å². The van der Waals surface area contributed by atoms with Crippen LogP contribution in [-0.4, -0.2) is 13.2 Å². The smallest absolute Gasteiger partial charge is 0.0574 e. The number of hydrogen-bond acceptors (Lipinski definition) is 1. The minimum Gasteiger partial charge on any atom is -0.381 e. The predicted octanol–water partition coefficient (Wildman–Crippen LogP) is 7.46. The van der Waals surface area contributed by atoms with E-state index >= 15 is 0 Å². The second kappa shape index (κ2) is 9.79. The zero-order valence-corrected chi connectivity index (χ0v) is 18.4. The summed E-state index contributed by atoms with van der Waals surface area (Å²) in [5, 5.41) is 0. The number of hydrogen-bond donors (Lipinski definition) is 0.